The van der Waals surface area contributed by atoms with Crippen molar-refractivity contribution < 1.29 is 0 Å². The molecule has 0 aromatic heterocycles. The topological polar surface area (TPSA) is 24.4 Å². The Kier molecular flexibility index (Phi) is 3.86. The molecule has 1 aromatic carbocycles. The average molecular weight is 256 g/mol. The molecule has 1 fully saturated rings. The lowest BCUT2D eigenvalue weighted by Gasteiger charge is -2.31. The summed E-state index contributed by atoms with van der Waals surface area (Å²) in [6.45, 7) is 3.16. The van der Waals surface area contributed by atoms with Crippen LogP contribution < -0.4 is 5.32 Å². The van der Waals surface area contributed by atoms with Gasteiger partial charge < -0.3 is 5.32 Å². The Morgan fingerprint density at radius 1 is 1.11 bits per heavy atom. The number of nitrogens with one attached hydrogen (secondary N) is 1. The van der Waals surface area contributed by atoms with Crippen molar-refractivity contribution >= 4 is 5.84 Å². The molecule has 1 saturated carbocycles. The Labute approximate surface area is 116 Å². The van der Waals surface area contributed by atoms with Crippen molar-refractivity contribution in [3.8, 4) is 0 Å². The summed E-state index contributed by atoms with van der Waals surface area (Å²) in [5.74, 6) is 2.50. The highest BCUT2D eigenvalue weighted by atomic mass is 15.1. The Balaban J connectivity index is 1.87. The SMILES string of the molecule is CC1CN=C(C(c2ccccc2)C2CCCCC2)N1. The minimum absolute atomic E-state index is 0.492. The number of benzene rings is 1. The van der Waals surface area contributed by atoms with Crippen LogP contribution in [-0.4, -0.2) is 18.4 Å². The summed E-state index contributed by atoms with van der Waals surface area (Å²) in [7, 11) is 0. The van der Waals surface area contributed by atoms with E-state index < -0.39 is 0 Å². The summed E-state index contributed by atoms with van der Waals surface area (Å²) in [5, 5.41) is 3.60. The molecule has 0 amide bonds. The second-order valence-corrected chi connectivity index (χ2v) is 6.06. The third-order valence-electron chi connectivity index (χ3n) is 4.50. The van der Waals surface area contributed by atoms with E-state index in [0.717, 1.165) is 12.5 Å². The molecule has 1 aromatic rings. The van der Waals surface area contributed by atoms with E-state index in [1.54, 1.807) is 0 Å². The lowest BCUT2D eigenvalue weighted by atomic mass is 9.76. The molecule has 0 saturated heterocycles. The van der Waals surface area contributed by atoms with Gasteiger partial charge in [0, 0.05) is 12.0 Å². The fraction of sp³-hybridized carbons (Fsp3) is 0.588. The lowest BCUT2D eigenvalue weighted by molar-refractivity contribution is 0.339. The standard InChI is InChI=1S/C17H24N2/c1-13-12-18-17(19-13)16(14-8-4-2-5-9-14)15-10-6-3-7-11-15/h2,4-5,8-9,13,15-16H,3,6-7,10-12H2,1H3,(H,18,19). The average Bonchev–Trinajstić information content (AvgIpc) is 2.88. The molecule has 0 radical (unpaired) electrons. The molecule has 0 bridgehead atoms. The summed E-state index contributed by atoms with van der Waals surface area (Å²) in [5.41, 5.74) is 1.44. The van der Waals surface area contributed by atoms with E-state index in [4.69, 9.17) is 4.99 Å². The van der Waals surface area contributed by atoms with Gasteiger partial charge in [-0.05, 0) is 31.2 Å². The molecule has 1 aliphatic heterocycles. The van der Waals surface area contributed by atoms with Crippen LogP contribution in [0, 0.1) is 5.92 Å². The number of amidine groups is 1. The molecular formula is C17H24N2. The molecule has 19 heavy (non-hydrogen) atoms. The molecule has 2 heteroatoms. The number of aliphatic imine (C=N–C) groups is 1. The highest BCUT2D eigenvalue weighted by Crippen LogP contribution is 2.37. The fourth-order valence-corrected chi connectivity index (χ4v) is 3.55. The molecule has 102 valence electrons. The van der Waals surface area contributed by atoms with Crippen molar-refractivity contribution in [2.75, 3.05) is 6.54 Å². The first-order chi connectivity index (χ1) is 9.34. The molecule has 1 aliphatic carbocycles. The maximum Gasteiger partial charge on any atom is 0.104 e. The number of nitrogens with zero attached hydrogens (tertiary/aromatic N) is 1. The maximum atomic E-state index is 4.77. The minimum Gasteiger partial charge on any atom is -0.369 e. The largest absolute Gasteiger partial charge is 0.369 e. The van der Waals surface area contributed by atoms with E-state index in [0.29, 0.717) is 12.0 Å². The second-order valence-electron chi connectivity index (χ2n) is 6.06. The first kappa shape index (κ1) is 12.7. The van der Waals surface area contributed by atoms with Gasteiger partial charge in [-0.2, -0.15) is 0 Å². The van der Waals surface area contributed by atoms with Crippen LogP contribution >= 0.6 is 0 Å². The normalized spacial score (nSPS) is 25.7. The number of hydrogen-bond acceptors (Lipinski definition) is 2. The molecule has 3 rings (SSSR count). The van der Waals surface area contributed by atoms with Crippen molar-refractivity contribution in [2.24, 2.45) is 10.9 Å². The van der Waals surface area contributed by atoms with Crippen LogP contribution in [0.15, 0.2) is 35.3 Å². The third kappa shape index (κ3) is 2.83. The van der Waals surface area contributed by atoms with Crippen molar-refractivity contribution in [3.05, 3.63) is 35.9 Å². The molecule has 2 nitrogen and oxygen atoms in total. The zero-order valence-electron chi connectivity index (χ0n) is 11.8. The van der Waals surface area contributed by atoms with Crippen LogP contribution in [-0.2, 0) is 0 Å². The molecule has 0 spiro atoms. The van der Waals surface area contributed by atoms with Gasteiger partial charge in [0.1, 0.15) is 5.84 Å². The lowest BCUT2D eigenvalue weighted by Crippen LogP contribution is -2.35. The van der Waals surface area contributed by atoms with Gasteiger partial charge >= 0.3 is 0 Å². The van der Waals surface area contributed by atoms with Gasteiger partial charge in [0.25, 0.3) is 0 Å². The van der Waals surface area contributed by atoms with Crippen LogP contribution in [0.1, 0.15) is 50.5 Å². The van der Waals surface area contributed by atoms with Gasteiger partial charge in [0.05, 0.1) is 6.54 Å². The Hall–Kier alpha value is -1.31. The van der Waals surface area contributed by atoms with Gasteiger partial charge in [0.2, 0.25) is 0 Å². The van der Waals surface area contributed by atoms with Crippen molar-refractivity contribution in [2.45, 2.75) is 51.0 Å². The van der Waals surface area contributed by atoms with Gasteiger partial charge in [0.15, 0.2) is 0 Å². The van der Waals surface area contributed by atoms with E-state index in [-0.39, 0.29) is 0 Å². The van der Waals surface area contributed by atoms with Crippen LogP contribution in [0.5, 0.6) is 0 Å². The van der Waals surface area contributed by atoms with Crippen LogP contribution in [0.3, 0.4) is 0 Å². The predicted octanol–water partition coefficient (Wildman–Crippen LogP) is 3.74. The van der Waals surface area contributed by atoms with Crippen LogP contribution in [0.2, 0.25) is 0 Å². The zero-order valence-corrected chi connectivity index (χ0v) is 11.8. The van der Waals surface area contributed by atoms with Crippen LogP contribution in [0.25, 0.3) is 0 Å². The van der Waals surface area contributed by atoms with Gasteiger partial charge in [-0.15, -0.1) is 0 Å². The Bertz CT molecular complexity index is 432. The Morgan fingerprint density at radius 3 is 2.47 bits per heavy atom. The zero-order chi connectivity index (χ0) is 13.1. The Morgan fingerprint density at radius 2 is 1.84 bits per heavy atom. The van der Waals surface area contributed by atoms with Crippen molar-refractivity contribution in [1.82, 2.24) is 5.32 Å². The summed E-state index contributed by atoms with van der Waals surface area (Å²) >= 11 is 0. The van der Waals surface area contributed by atoms with E-state index in [1.165, 1.54) is 43.5 Å². The smallest absolute Gasteiger partial charge is 0.104 e. The number of hydrogen-bond donors (Lipinski definition) is 1. The summed E-state index contributed by atoms with van der Waals surface area (Å²) in [6.07, 6.45) is 6.89. The molecule has 1 N–H and O–H groups in total. The summed E-state index contributed by atoms with van der Waals surface area (Å²) in [4.78, 5) is 4.77. The highest BCUT2D eigenvalue weighted by Gasteiger charge is 2.31. The number of rotatable bonds is 3. The first-order valence-electron chi connectivity index (χ1n) is 7.70. The monoisotopic (exact) mass is 256 g/mol. The molecule has 2 aliphatic rings. The quantitative estimate of drug-likeness (QED) is 0.875. The first-order valence-corrected chi connectivity index (χ1v) is 7.70. The minimum atomic E-state index is 0.492. The summed E-state index contributed by atoms with van der Waals surface area (Å²) in [6, 6.07) is 11.5. The van der Waals surface area contributed by atoms with E-state index in [2.05, 4.69) is 42.6 Å². The predicted molar refractivity (Wildman–Crippen MR) is 80.7 cm³/mol. The highest BCUT2D eigenvalue weighted by molar-refractivity contribution is 5.90. The molecule has 1 heterocycles. The van der Waals surface area contributed by atoms with Gasteiger partial charge in [-0.25, -0.2) is 0 Å². The van der Waals surface area contributed by atoms with E-state index in [9.17, 15) is 0 Å². The summed E-state index contributed by atoms with van der Waals surface area (Å²) < 4.78 is 0. The van der Waals surface area contributed by atoms with Crippen molar-refractivity contribution in [1.29, 1.82) is 0 Å². The van der Waals surface area contributed by atoms with Gasteiger partial charge in [-0.1, -0.05) is 49.6 Å². The van der Waals surface area contributed by atoms with E-state index >= 15 is 0 Å². The molecule has 2 atom stereocenters. The molecule has 2 unspecified atom stereocenters. The van der Waals surface area contributed by atoms with E-state index in [1.807, 2.05) is 0 Å². The third-order valence-corrected chi connectivity index (χ3v) is 4.50. The van der Waals surface area contributed by atoms with Gasteiger partial charge in [-0.3, -0.25) is 4.99 Å². The molecular weight excluding hydrogens is 232 g/mol. The van der Waals surface area contributed by atoms with Crippen molar-refractivity contribution in [3.63, 3.8) is 0 Å². The second kappa shape index (κ2) is 5.77. The van der Waals surface area contributed by atoms with Crippen LogP contribution in [0.4, 0.5) is 0 Å². The maximum absolute atomic E-state index is 4.77. The fourth-order valence-electron chi connectivity index (χ4n) is 3.55.